The van der Waals surface area contributed by atoms with Gasteiger partial charge in [-0.1, -0.05) is 13.8 Å². The summed E-state index contributed by atoms with van der Waals surface area (Å²) in [5.74, 6) is 1.41. The van der Waals surface area contributed by atoms with Crippen LogP contribution in [0.1, 0.15) is 42.9 Å². The molecule has 0 radical (unpaired) electrons. The number of pyridine rings is 2. The zero-order valence-corrected chi connectivity index (χ0v) is 18.2. The van der Waals surface area contributed by atoms with E-state index < -0.39 is 0 Å². The fourth-order valence-electron chi connectivity index (χ4n) is 4.55. The SMILES string of the molecule is Cc1c(-c2[nH]c3ccc(N4CCCNCC4)nc3c2C(C)C)cn2ncnc2c1C. The van der Waals surface area contributed by atoms with Crippen LogP contribution in [0.15, 0.2) is 24.7 Å². The van der Waals surface area contributed by atoms with Crippen LogP contribution in [0.3, 0.4) is 0 Å². The molecule has 4 aromatic heterocycles. The van der Waals surface area contributed by atoms with Gasteiger partial charge in [-0.3, -0.25) is 0 Å². The molecule has 30 heavy (non-hydrogen) atoms. The van der Waals surface area contributed by atoms with Crippen LogP contribution in [0, 0.1) is 13.8 Å². The lowest BCUT2D eigenvalue weighted by Gasteiger charge is -2.21. The summed E-state index contributed by atoms with van der Waals surface area (Å²) in [4.78, 5) is 15.6. The molecule has 0 saturated carbocycles. The van der Waals surface area contributed by atoms with Crippen LogP contribution in [-0.4, -0.2) is 50.7 Å². The van der Waals surface area contributed by atoms with Crippen LogP contribution in [-0.2, 0) is 0 Å². The largest absolute Gasteiger partial charge is 0.355 e. The smallest absolute Gasteiger partial charge is 0.158 e. The predicted molar refractivity (Wildman–Crippen MR) is 121 cm³/mol. The Morgan fingerprint density at radius 2 is 1.93 bits per heavy atom. The van der Waals surface area contributed by atoms with Crippen LogP contribution in [0.5, 0.6) is 0 Å². The molecule has 156 valence electrons. The number of nitrogens with zero attached hydrogens (tertiary/aromatic N) is 5. The summed E-state index contributed by atoms with van der Waals surface area (Å²) in [5.41, 5.74) is 9.02. The molecule has 0 unspecified atom stereocenters. The highest BCUT2D eigenvalue weighted by Gasteiger charge is 2.22. The van der Waals surface area contributed by atoms with Crippen molar-refractivity contribution in [3.63, 3.8) is 0 Å². The van der Waals surface area contributed by atoms with E-state index in [9.17, 15) is 0 Å². The van der Waals surface area contributed by atoms with Gasteiger partial charge in [-0.15, -0.1) is 0 Å². The second-order valence-electron chi connectivity index (χ2n) is 8.55. The molecule has 5 heterocycles. The highest BCUT2D eigenvalue weighted by Crippen LogP contribution is 2.37. The third kappa shape index (κ3) is 3.04. The Morgan fingerprint density at radius 3 is 2.77 bits per heavy atom. The number of aryl methyl sites for hydroxylation is 1. The highest BCUT2D eigenvalue weighted by atomic mass is 15.3. The quantitative estimate of drug-likeness (QED) is 0.544. The van der Waals surface area contributed by atoms with Gasteiger partial charge in [-0.05, 0) is 56.0 Å². The first kappa shape index (κ1) is 19.1. The van der Waals surface area contributed by atoms with E-state index in [0.29, 0.717) is 5.92 Å². The maximum absolute atomic E-state index is 5.14. The van der Waals surface area contributed by atoms with E-state index in [1.807, 2.05) is 4.52 Å². The summed E-state index contributed by atoms with van der Waals surface area (Å²) in [6.07, 6.45) is 4.85. The van der Waals surface area contributed by atoms with Crippen molar-refractivity contribution < 1.29 is 0 Å². The lowest BCUT2D eigenvalue weighted by molar-refractivity contribution is 0.724. The van der Waals surface area contributed by atoms with Crippen LogP contribution in [0.25, 0.3) is 27.9 Å². The molecule has 4 aromatic rings. The molecule has 1 aliphatic heterocycles. The van der Waals surface area contributed by atoms with E-state index in [4.69, 9.17) is 4.98 Å². The number of hydrogen-bond acceptors (Lipinski definition) is 5. The van der Waals surface area contributed by atoms with E-state index in [2.05, 4.69) is 71.3 Å². The summed E-state index contributed by atoms with van der Waals surface area (Å²) in [6.45, 7) is 12.9. The molecular formula is C23H29N7. The molecule has 0 aliphatic carbocycles. The van der Waals surface area contributed by atoms with Crippen molar-refractivity contribution in [3.05, 3.63) is 41.3 Å². The molecule has 2 N–H and O–H groups in total. The van der Waals surface area contributed by atoms with Gasteiger partial charge in [0.2, 0.25) is 0 Å². The van der Waals surface area contributed by atoms with Gasteiger partial charge in [0.1, 0.15) is 12.1 Å². The van der Waals surface area contributed by atoms with Gasteiger partial charge in [-0.2, -0.15) is 5.10 Å². The average Bonchev–Trinajstić information content (AvgIpc) is 3.26. The number of H-pyrrole nitrogens is 1. The number of anilines is 1. The average molecular weight is 404 g/mol. The van der Waals surface area contributed by atoms with Crippen molar-refractivity contribution in [1.29, 1.82) is 0 Å². The highest BCUT2D eigenvalue weighted by molar-refractivity contribution is 5.90. The fourth-order valence-corrected chi connectivity index (χ4v) is 4.55. The normalized spacial score (nSPS) is 15.4. The number of nitrogens with one attached hydrogen (secondary N) is 2. The Balaban J connectivity index is 1.69. The van der Waals surface area contributed by atoms with Gasteiger partial charge < -0.3 is 15.2 Å². The summed E-state index contributed by atoms with van der Waals surface area (Å²) < 4.78 is 1.87. The van der Waals surface area contributed by atoms with Crippen molar-refractivity contribution in [1.82, 2.24) is 29.9 Å². The Bertz CT molecular complexity index is 1210. The van der Waals surface area contributed by atoms with E-state index in [1.165, 1.54) is 11.1 Å². The Hall–Kier alpha value is -2.93. The fraction of sp³-hybridized carbons (Fsp3) is 0.435. The van der Waals surface area contributed by atoms with E-state index in [-0.39, 0.29) is 0 Å². The van der Waals surface area contributed by atoms with E-state index >= 15 is 0 Å². The minimum absolute atomic E-state index is 0.341. The molecule has 0 atom stereocenters. The van der Waals surface area contributed by atoms with Crippen molar-refractivity contribution in [2.45, 2.75) is 40.0 Å². The van der Waals surface area contributed by atoms with Crippen LogP contribution in [0.2, 0.25) is 0 Å². The molecule has 0 aromatic carbocycles. The van der Waals surface area contributed by atoms with Gasteiger partial charge in [-0.25, -0.2) is 14.5 Å². The van der Waals surface area contributed by atoms with Gasteiger partial charge in [0.05, 0.1) is 16.7 Å². The third-order valence-corrected chi connectivity index (χ3v) is 6.30. The monoisotopic (exact) mass is 403 g/mol. The maximum Gasteiger partial charge on any atom is 0.158 e. The number of aromatic nitrogens is 5. The Morgan fingerprint density at radius 1 is 1.07 bits per heavy atom. The first-order chi connectivity index (χ1) is 14.5. The molecule has 1 aliphatic rings. The maximum atomic E-state index is 5.14. The summed E-state index contributed by atoms with van der Waals surface area (Å²) in [5, 5.41) is 7.86. The van der Waals surface area contributed by atoms with Crippen molar-refractivity contribution in [3.8, 4) is 11.3 Å². The summed E-state index contributed by atoms with van der Waals surface area (Å²) in [6, 6.07) is 4.33. The van der Waals surface area contributed by atoms with Crippen LogP contribution >= 0.6 is 0 Å². The van der Waals surface area contributed by atoms with E-state index in [1.54, 1.807) is 6.33 Å². The van der Waals surface area contributed by atoms with Crippen LogP contribution < -0.4 is 10.2 Å². The van der Waals surface area contributed by atoms with Gasteiger partial charge in [0, 0.05) is 37.0 Å². The second kappa shape index (κ2) is 7.40. The molecule has 1 fully saturated rings. The van der Waals surface area contributed by atoms with Crippen molar-refractivity contribution in [2.75, 3.05) is 31.1 Å². The minimum Gasteiger partial charge on any atom is -0.355 e. The molecule has 0 spiro atoms. The molecule has 7 heteroatoms. The van der Waals surface area contributed by atoms with Crippen LogP contribution in [0.4, 0.5) is 5.82 Å². The van der Waals surface area contributed by atoms with Gasteiger partial charge in [0.25, 0.3) is 0 Å². The predicted octanol–water partition coefficient (Wildman–Crippen LogP) is 3.81. The Labute approximate surface area is 176 Å². The molecule has 1 saturated heterocycles. The first-order valence-corrected chi connectivity index (χ1v) is 10.8. The standard InChI is InChI=1S/C23H29N7/c1-14(2)20-21(17-12-30-23(25-13-26-30)16(4)15(17)3)27-18-6-7-19(28-22(18)20)29-10-5-8-24-9-11-29/h6-7,12-14,24,27H,5,8-11H2,1-4H3. The third-order valence-electron chi connectivity index (χ3n) is 6.30. The van der Waals surface area contributed by atoms with Gasteiger partial charge in [0.15, 0.2) is 5.65 Å². The van der Waals surface area contributed by atoms with Crippen molar-refractivity contribution in [2.24, 2.45) is 0 Å². The van der Waals surface area contributed by atoms with Gasteiger partial charge >= 0.3 is 0 Å². The molecular weight excluding hydrogens is 374 g/mol. The van der Waals surface area contributed by atoms with Crippen molar-refractivity contribution >= 4 is 22.5 Å². The number of hydrogen-bond donors (Lipinski definition) is 2. The lowest BCUT2D eigenvalue weighted by atomic mass is 9.95. The van der Waals surface area contributed by atoms with E-state index in [0.717, 1.165) is 71.9 Å². The zero-order chi connectivity index (χ0) is 20.8. The summed E-state index contributed by atoms with van der Waals surface area (Å²) >= 11 is 0. The molecule has 7 nitrogen and oxygen atoms in total. The minimum atomic E-state index is 0.341. The topological polar surface area (TPSA) is 74.1 Å². The Kier molecular flexibility index (Phi) is 4.70. The number of fused-ring (bicyclic) bond motifs is 2. The molecule has 0 amide bonds. The second-order valence-corrected chi connectivity index (χ2v) is 8.55. The lowest BCUT2D eigenvalue weighted by Crippen LogP contribution is -2.28. The number of rotatable bonds is 3. The molecule has 0 bridgehead atoms. The number of aromatic amines is 1. The molecule has 5 rings (SSSR count). The summed E-state index contributed by atoms with van der Waals surface area (Å²) in [7, 11) is 0. The zero-order valence-electron chi connectivity index (χ0n) is 18.2. The first-order valence-electron chi connectivity index (χ1n) is 10.8.